The summed E-state index contributed by atoms with van der Waals surface area (Å²) in [7, 11) is 0. The minimum Gasteiger partial charge on any atom is -0.313 e. The van der Waals surface area contributed by atoms with E-state index in [2.05, 4.69) is 31.0 Å². The van der Waals surface area contributed by atoms with Crippen LogP contribution in [0.2, 0.25) is 0 Å². The summed E-state index contributed by atoms with van der Waals surface area (Å²) in [6.45, 7) is 10.5. The SMILES string of the molecule is CCNC(C)C(C)N1CCCC1. The van der Waals surface area contributed by atoms with Crippen molar-refractivity contribution < 1.29 is 0 Å². The molecule has 0 spiro atoms. The maximum atomic E-state index is 3.48. The lowest BCUT2D eigenvalue weighted by atomic mass is 10.1. The van der Waals surface area contributed by atoms with E-state index in [1.54, 1.807) is 0 Å². The van der Waals surface area contributed by atoms with Crippen molar-refractivity contribution in [1.82, 2.24) is 10.2 Å². The van der Waals surface area contributed by atoms with Crippen molar-refractivity contribution in [3.8, 4) is 0 Å². The van der Waals surface area contributed by atoms with Crippen molar-refractivity contribution in [2.75, 3.05) is 19.6 Å². The fraction of sp³-hybridized carbons (Fsp3) is 1.00. The van der Waals surface area contributed by atoms with Crippen LogP contribution in [0.5, 0.6) is 0 Å². The molecule has 2 atom stereocenters. The highest BCUT2D eigenvalue weighted by atomic mass is 15.2. The Labute approximate surface area is 76.3 Å². The largest absolute Gasteiger partial charge is 0.313 e. The molecule has 1 aliphatic heterocycles. The van der Waals surface area contributed by atoms with E-state index < -0.39 is 0 Å². The highest BCUT2D eigenvalue weighted by molar-refractivity contribution is 4.80. The fourth-order valence-electron chi connectivity index (χ4n) is 1.96. The number of hydrogen-bond donors (Lipinski definition) is 1. The van der Waals surface area contributed by atoms with Crippen LogP contribution in [0.3, 0.4) is 0 Å². The van der Waals surface area contributed by atoms with Gasteiger partial charge in [0, 0.05) is 12.1 Å². The van der Waals surface area contributed by atoms with E-state index in [4.69, 9.17) is 0 Å². The third-order valence-electron chi connectivity index (χ3n) is 2.97. The van der Waals surface area contributed by atoms with Crippen molar-refractivity contribution in [2.45, 2.75) is 45.7 Å². The van der Waals surface area contributed by atoms with Crippen LogP contribution in [0.15, 0.2) is 0 Å². The van der Waals surface area contributed by atoms with Gasteiger partial charge in [-0.2, -0.15) is 0 Å². The van der Waals surface area contributed by atoms with Gasteiger partial charge in [-0.15, -0.1) is 0 Å². The Hall–Kier alpha value is -0.0800. The van der Waals surface area contributed by atoms with Crippen molar-refractivity contribution in [3.63, 3.8) is 0 Å². The molecule has 1 rings (SSSR count). The van der Waals surface area contributed by atoms with E-state index in [0.717, 1.165) is 6.54 Å². The lowest BCUT2D eigenvalue weighted by Crippen LogP contribution is -2.45. The molecule has 1 fully saturated rings. The van der Waals surface area contributed by atoms with Crippen LogP contribution >= 0.6 is 0 Å². The van der Waals surface area contributed by atoms with E-state index in [0.29, 0.717) is 12.1 Å². The standard InChI is InChI=1S/C10H22N2/c1-4-11-9(2)10(3)12-7-5-6-8-12/h9-11H,4-8H2,1-3H3. The summed E-state index contributed by atoms with van der Waals surface area (Å²) in [6, 6.07) is 1.33. The lowest BCUT2D eigenvalue weighted by molar-refractivity contribution is 0.215. The highest BCUT2D eigenvalue weighted by Gasteiger charge is 2.21. The van der Waals surface area contributed by atoms with Gasteiger partial charge in [0.1, 0.15) is 0 Å². The number of hydrogen-bond acceptors (Lipinski definition) is 2. The maximum Gasteiger partial charge on any atom is 0.0218 e. The van der Waals surface area contributed by atoms with Crippen LogP contribution in [0.4, 0.5) is 0 Å². The summed E-state index contributed by atoms with van der Waals surface area (Å²) in [5, 5.41) is 3.48. The zero-order valence-electron chi connectivity index (χ0n) is 8.64. The Morgan fingerprint density at radius 3 is 2.33 bits per heavy atom. The Morgan fingerprint density at radius 2 is 1.83 bits per heavy atom. The van der Waals surface area contributed by atoms with E-state index >= 15 is 0 Å². The number of nitrogens with one attached hydrogen (secondary N) is 1. The first-order valence-corrected chi connectivity index (χ1v) is 5.23. The molecule has 12 heavy (non-hydrogen) atoms. The Morgan fingerprint density at radius 1 is 1.25 bits per heavy atom. The Bertz CT molecular complexity index is 119. The normalized spacial score (nSPS) is 24.2. The van der Waals surface area contributed by atoms with Gasteiger partial charge in [0.05, 0.1) is 0 Å². The molecule has 0 aromatic carbocycles. The van der Waals surface area contributed by atoms with Gasteiger partial charge in [-0.3, -0.25) is 4.90 Å². The summed E-state index contributed by atoms with van der Waals surface area (Å²) in [5.41, 5.74) is 0. The van der Waals surface area contributed by atoms with Gasteiger partial charge < -0.3 is 5.32 Å². The fourth-order valence-corrected chi connectivity index (χ4v) is 1.96. The molecule has 1 heterocycles. The Kier molecular flexibility index (Phi) is 4.02. The first-order valence-electron chi connectivity index (χ1n) is 5.23. The molecule has 1 N–H and O–H groups in total. The molecule has 2 unspecified atom stereocenters. The predicted octanol–water partition coefficient (Wildman–Crippen LogP) is 1.47. The molecule has 0 amide bonds. The molecule has 1 aliphatic rings. The molecule has 2 heteroatoms. The van der Waals surface area contributed by atoms with Crippen molar-refractivity contribution in [3.05, 3.63) is 0 Å². The van der Waals surface area contributed by atoms with E-state index in [1.165, 1.54) is 25.9 Å². The minimum absolute atomic E-state index is 0.632. The van der Waals surface area contributed by atoms with Gasteiger partial charge >= 0.3 is 0 Å². The average Bonchev–Trinajstić information content (AvgIpc) is 2.55. The number of rotatable bonds is 4. The molecule has 72 valence electrons. The van der Waals surface area contributed by atoms with Crippen molar-refractivity contribution >= 4 is 0 Å². The zero-order chi connectivity index (χ0) is 8.97. The molecular weight excluding hydrogens is 148 g/mol. The average molecular weight is 170 g/mol. The monoisotopic (exact) mass is 170 g/mol. The zero-order valence-corrected chi connectivity index (χ0v) is 8.64. The second-order valence-electron chi connectivity index (χ2n) is 3.83. The molecule has 2 nitrogen and oxygen atoms in total. The predicted molar refractivity (Wildman–Crippen MR) is 53.4 cm³/mol. The molecule has 0 aliphatic carbocycles. The van der Waals surface area contributed by atoms with Crippen LogP contribution in [0.25, 0.3) is 0 Å². The molecular formula is C10H22N2. The van der Waals surface area contributed by atoms with Gasteiger partial charge in [-0.05, 0) is 46.3 Å². The first kappa shape index (κ1) is 10.0. The first-order chi connectivity index (χ1) is 5.75. The third kappa shape index (κ3) is 2.46. The summed E-state index contributed by atoms with van der Waals surface area (Å²) in [4.78, 5) is 2.59. The second-order valence-corrected chi connectivity index (χ2v) is 3.83. The second kappa shape index (κ2) is 4.83. The summed E-state index contributed by atoms with van der Waals surface area (Å²) in [6.07, 6.45) is 2.78. The summed E-state index contributed by atoms with van der Waals surface area (Å²) >= 11 is 0. The van der Waals surface area contributed by atoms with Gasteiger partial charge in [0.25, 0.3) is 0 Å². The topological polar surface area (TPSA) is 15.3 Å². The van der Waals surface area contributed by atoms with Crippen LogP contribution in [-0.4, -0.2) is 36.6 Å². The van der Waals surface area contributed by atoms with Crippen molar-refractivity contribution in [2.24, 2.45) is 0 Å². The van der Waals surface area contributed by atoms with Gasteiger partial charge in [-0.1, -0.05) is 6.92 Å². The number of likely N-dealkylation sites (tertiary alicyclic amines) is 1. The molecule has 0 bridgehead atoms. The highest BCUT2D eigenvalue weighted by Crippen LogP contribution is 2.13. The van der Waals surface area contributed by atoms with Gasteiger partial charge in [0.15, 0.2) is 0 Å². The van der Waals surface area contributed by atoms with Crippen molar-refractivity contribution in [1.29, 1.82) is 0 Å². The third-order valence-corrected chi connectivity index (χ3v) is 2.97. The Balaban J connectivity index is 2.29. The van der Waals surface area contributed by atoms with Crippen LogP contribution in [0.1, 0.15) is 33.6 Å². The van der Waals surface area contributed by atoms with E-state index in [1.807, 2.05) is 0 Å². The number of likely N-dealkylation sites (N-methyl/N-ethyl adjacent to an activating group) is 1. The maximum absolute atomic E-state index is 3.48. The number of nitrogens with zero attached hydrogens (tertiary/aromatic N) is 1. The van der Waals surface area contributed by atoms with Gasteiger partial charge in [0.2, 0.25) is 0 Å². The van der Waals surface area contributed by atoms with Crippen LogP contribution < -0.4 is 5.32 Å². The van der Waals surface area contributed by atoms with Gasteiger partial charge in [-0.25, -0.2) is 0 Å². The molecule has 0 saturated carbocycles. The van der Waals surface area contributed by atoms with E-state index in [9.17, 15) is 0 Å². The summed E-state index contributed by atoms with van der Waals surface area (Å²) < 4.78 is 0. The molecule has 0 aromatic rings. The van der Waals surface area contributed by atoms with E-state index in [-0.39, 0.29) is 0 Å². The molecule has 0 aromatic heterocycles. The van der Waals surface area contributed by atoms with Crippen LogP contribution in [0, 0.1) is 0 Å². The lowest BCUT2D eigenvalue weighted by Gasteiger charge is -2.29. The summed E-state index contributed by atoms with van der Waals surface area (Å²) in [5.74, 6) is 0. The van der Waals surface area contributed by atoms with Crippen LogP contribution in [-0.2, 0) is 0 Å². The quantitative estimate of drug-likeness (QED) is 0.687. The smallest absolute Gasteiger partial charge is 0.0218 e. The minimum atomic E-state index is 0.632. The molecule has 0 radical (unpaired) electrons. The molecule has 1 saturated heterocycles.